The zero-order valence-corrected chi connectivity index (χ0v) is 8.11. The van der Waals surface area contributed by atoms with Crippen molar-refractivity contribution in [3.63, 3.8) is 0 Å². The molecule has 0 amide bonds. The Balaban J connectivity index is 2.90. The van der Waals surface area contributed by atoms with Crippen molar-refractivity contribution < 1.29 is 24.1 Å². The minimum atomic E-state index is -1.16. The highest BCUT2D eigenvalue weighted by atomic mass is 19.1. The molecule has 0 aliphatic rings. The van der Waals surface area contributed by atoms with Crippen LogP contribution in [-0.2, 0) is 4.79 Å². The standard InChI is InChI=1S/C10H11FO4/c1-15-9-4-6(2-3-7(9)11)8(12)5-10(13)14/h2-4,8,12H,5H2,1H3,(H,13,14)/t8-/m1/s1. The highest BCUT2D eigenvalue weighted by molar-refractivity contribution is 5.67. The molecule has 0 aliphatic heterocycles. The van der Waals surface area contributed by atoms with Gasteiger partial charge in [-0.3, -0.25) is 4.79 Å². The number of carboxylic acids is 1. The van der Waals surface area contributed by atoms with Gasteiger partial charge in [0.2, 0.25) is 0 Å². The Morgan fingerprint density at radius 3 is 2.80 bits per heavy atom. The first-order valence-electron chi connectivity index (χ1n) is 4.28. The van der Waals surface area contributed by atoms with Crippen molar-refractivity contribution in [3.8, 4) is 5.75 Å². The maximum Gasteiger partial charge on any atom is 0.306 e. The fourth-order valence-corrected chi connectivity index (χ4v) is 1.17. The number of rotatable bonds is 4. The van der Waals surface area contributed by atoms with E-state index in [1.54, 1.807) is 0 Å². The molecule has 0 aliphatic carbocycles. The molecular weight excluding hydrogens is 203 g/mol. The molecule has 0 bridgehead atoms. The van der Waals surface area contributed by atoms with Gasteiger partial charge in [0.25, 0.3) is 0 Å². The van der Waals surface area contributed by atoms with E-state index in [4.69, 9.17) is 9.84 Å². The quantitative estimate of drug-likeness (QED) is 0.793. The lowest BCUT2D eigenvalue weighted by Crippen LogP contribution is -2.05. The second-order valence-electron chi connectivity index (χ2n) is 3.01. The molecule has 5 heteroatoms. The van der Waals surface area contributed by atoms with Crippen LogP contribution in [0.2, 0.25) is 0 Å². The summed E-state index contributed by atoms with van der Waals surface area (Å²) in [6, 6.07) is 3.73. The van der Waals surface area contributed by atoms with Gasteiger partial charge in [-0.2, -0.15) is 0 Å². The van der Waals surface area contributed by atoms with Crippen molar-refractivity contribution in [2.24, 2.45) is 0 Å². The predicted molar refractivity (Wildman–Crippen MR) is 50.2 cm³/mol. The van der Waals surface area contributed by atoms with Crippen LogP contribution in [0.3, 0.4) is 0 Å². The number of carboxylic acid groups (broad SMARTS) is 1. The Morgan fingerprint density at radius 1 is 1.60 bits per heavy atom. The molecule has 1 aromatic carbocycles. The number of benzene rings is 1. The lowest BCUT2D eigenvalue weighted by molar-refractivity contribution is -0.139. The minimum Gasteiger partial charge on any atom is -0.494 e. The summed E-state index contributed by atoms with van der Waals surface area (Å²) in [5.74, 6) is -1.69. The smallest absolute Gasteiger partial charge is 0.306 e. The summed E-state index contributed by atoms with van der Waals surface area (Å²) < 4.78 is 17.7. The van der Waals surface area contributed by atoms with Gasteiger partial charge in [-0.1, -0.05) is 6.07 Å². The van der Waals surface area contributed by atoms with Gasteiger partial charge in [0.1, 0.15) is 0 Å². The van der Waals surface area contributed by atoms with Crippen molar-refractivity contribution >= 4 is 5.97 Å². The SMILES string of the molecule is COc1cc([C@H](O)CC(=O)O)ccc1F. The average Bonchev–Trinajstić information content (AvgIpc) is 2.17. The maximum atomic E-state index is 13.0. The number of aliphatic carboxylic acids is 1. The third-order valence-corrected chi connectivity index (χ3v) is 1.93. The monoisotopic (exact) mass is 214 g/mol. The van der Waals surface area contributed by atoms with Gasteiger partial charge in [-0.05, 0) is 17.7 Å². The topological polar surface area (TPSA) is 66.8 Å². The molecule has 2 N–H and O–H groups in total. The van der Waals surface area contributed by atoms with E-state index >= 15 is 0 Å². The van der Waals surface area contributed by atoms with Crippen molar-refractivity contribution in [3.05, 3.63) is 29.6 Å². The van der Waals surface area contributed by atoms with Gasteiger partial charge in [0, 0.05) is 0 Å². The van der Waals surface area contributed by atoms with Gasteiger partial charge in [-0.25, -0.2) is 4.39 Å². The van der Waals surface area contributed by atoms with E-state index in [0.29, 0.717) is 5.56 Å². The van der Waals surface area contributed by atoms with Crippen molar-refractivity contribution in [2.75, 3.05) is 7.11 Å². The fourth-order valence-electron chi connectivity index (χ4n) is 1.17. The molecule has 4 nitrogen and oxygen atoms in total. The number of hydrogen-bond acceptors (Lipinski definition) is 3. The Labute approximate surface area is 85.9 Å². The molecule has 0 unspecified atom stereocenters. The molecule has 0 saturated carbocycles. The summed E-state index contributed by atoms with van der Waals surface area (Å²) in [4.78, 5) is 10.3. The summed E-state index contributed by atoms with van der Waals surface area (Å²) >= 11 is 0. The largest absolute Gasteiger partial charge is 0.494 e. The first kappa shape index (κ1) is 11.5. The van der Waals surface area contributed by atoms with Gasteiger partial charge >= 0.3 is 5.97 Å². The third-order valence-electron chi connectivity index (χ3n) is 1.93. The van der Waals surface area contributed by atoms with Crippen LogP contribution < -0.4 is 4.74 Å². The molecule has 1 atom stereocenters. The highest BCUT2D eigenvalue weighted by Crippen LogP contribution is 2.24. The van der Waals surface area contributed by atoms with Crippen LogP contribution in [0.1, 0.15) is 18.1 Å². The molecule has 0 aromatic heterocycles. The van der Waals surface area contributed by atoms with E-state index in [1.165, 1.54) is 19.2 Å². The molecule has 0 radical (unpaired) electrons. The molecule has 1 rings (SSSR count). The van der Waals surface area contributed by atoms with Crippen LogP contribution in [0.15, 0.2) is 18.2 Å². The Kier molecular flexibility index (Phi) is 3.62. The number of carbonyl (C=O) groups is 1. The normalized spacial score (nSPS) is 12.2. The Hall–Kier alpha value is -1.62. The highest BCUT2D eigenvalue weighted by Gasteiger charge is 2.14. The molecule has 1 aromatic rings. The van der Waals surface area contributed by atoms with E-state index in [0.717, 1.165) is 6.07 Å². The Morgan fingerprint density at radius 2 is 2.27 bits per heavy atom. The summed E-state index contributed by atoms with van der Waals surface area (Å²) in [7, 11) is 1.30. The van der Waals surface area contributed by atoms with E-state index in [2.05, 4.69) is 0 Å². The lowest BCUT2D eigenvalue weighted by atomic mass is 10.1. The maximum absolute atomic E-state index is 13.0. The number of aliphatic hydroxyl groups excluding tert-OH is 1. The van der Waals surface area contributed by atoms with Gasteiger partial charge in [0.15, 0.2) is 11.6 Å². The zero-order chi connectivity index (χ0) is 11.4. The lowest BCUT2D eigenvalue weighted by Gasteiger charge is -2.10. The Bertz CT molecular complexity index is 364. The van der Waals surface area contributed by atoms with Crippen LogP contribution in [0.25, 0.3) is 0 Å². The number of hydrogen-bond donors (Lipinski definition) is 2. The van der Waals surface area contributed by atoms with Crippen LogP contribution in [-0.4, -0.2) is 23.3 Å². The van der Waals surface area contributed by atoms with E-state index < -0.39 is 24.3 Å². The third kappa shape index (κ3) is 2.92. The molecule has 0 saturated heterocycles. The van der Waals surface area contributed by atoms with Crippen molar-refractivity contribution in [1.29, 1.82) is 0 Å². The fraction of sp³-hybridized carbons (Fsp3) is 0.300. The van der Waals surface area contributed by atoms with Gasteiger partial charge in [0.05, 0.1) is 19.6 Å². The summed E-state index contributed by atoms with van der Waals surface area (Å²) in [5.41, 5.74) is 0.315. The number of halogens is 1. The van der Waals surface area contributed by atoms with E-state index in [1.807, 2.05) is 0 Å². The van der Waals surface area contributed by atoms with Crippen LogP contribution in [0.4, 0.5) is 4.39 Å². The molecule has 0 heterocycles. The van der Waals surface area contributed by atoms with Crippen molar-refractivity contribution in [2.45, 2.75) is 12.5 Å². The first-order chi connectivity index (χ1) is 7.04. The second kappa shape index (κ2) is 4.75. The molecular formula is C10H11FO4. The number of aliphatic hydroxyl groups is 1. The summed E-state index contributed by atoms with van der Waals surface area (Å²) in [6.07, 6.45) is -1.58. The van der Waals surface area contributed by atoms with E-state index in [9.17, 15) is 14.3 Å². The van der Waals surface area contributed by atoms with Crippen molar-refractivity contribution in [1.82, 2.24) is 0 Å². The van der Waals surface area contributed by atoms with E-state index in [-0.39, 0.29) is 5.75 Å². The number of methoxy groups -OCH3 is 1. The van der Waals surface area contributed by atoms with Crippen LogP contribution in [0.5, 0.6) is 5.75 Å². The van der Waals surface area contributed by atoms with Crippen LogP contribution in [0, 0.1) is 5.82 Å². The molecule has 0 spiro atoms. The predicted octanol–water partition coefficient (Wildman–Crippen LogP) is 1.34. The van der Waals surface area contributed by atoms with Gasteiger partial charge < -0.3 is 14.9 Å². The summed E-state index contributed by atoms with van der Waals surface area (Å²) in [5, 5.41) is 17.9. The molecule has 0 fully saturated rings. The first-order valence-corrected chi connectivity index (χ1v) is 4.28. The number of ether oxygens (including phenoxy) is 1. The van der Waals surface area contributed by atoms with Gasteiger partial charge in [-0.15, -0.1) is 0 Å². The minimum absolute atomic E-state index is 0.0167. The van der Waals surface area contributed by atoms with Crippen LogP contribution >= 0.6 is 0 Å². The summed E-state index contributed by atoms with van der Waals surface area (Å²) in [6.45, 7) is 0. The molecule has 82 valence electrons. The zero-order valence-electron chi connectivity index (χ0n) is 8.11. The average molecular weight is 214 g/mol. The second-order valence-corrected chi connectivity index (χ2v) is 3.01. The molecule has 15 heavy (non-hydrogen) atoms.